The predicted octanol–water partition coefficient (Wildman–Crippen LogP) is 4.46. The molecule has 0 aliphatic carbocycles. The predicted molar refractivity (Wildman–Crippen MR) is 71.2 cm³/mol. The van der Waals surface area contributed by atoms with Crippen molar-refractivity contribution >= 4 is 27.3 Å². The average molecular weight is 352 g/mol. The van der Waals surface area contributed by atoms with Crippen LogP contribution in [0.3, 0.4) is 0 Å². The molecule has 1 atom stereocenters. The van der Waals surface area contributed by atoms with Crippen molar-refractivity contribution in [3.63, 3.8) is 0 Å². The van der Waals surface area contributed by atoms with Crippen molar-refractivity contribution < 1.29 is 17.9 Å². The first-order chi connectivity index (χ1) is 8.87. The highest BCUT2D eigenvalue weighted by atomic mass is 79.9. The van der Waals surface area contributed by atoms with Crippen molar-refractivity contribution in [2.45, 2.75) is 12.4 Å². The lowest BCUT2D eigenvalue weighted by molar-refractivity contribution is -0.274. The Labute approximate surface area is 120 Å². The fourth-order valence-corrected chi connectivity index (χ4v) is 3.20. The summed E-state index contributed by atoms with van der Waals surface area (Å²) in [5.74, 6) is -0.256. The number of rotatable bonds is 3. The molecule has 1 heterocycles. The van der Waals surface area contributed by atoms with Crippen LogP contribution in [-0.4, -0.2) is 6.36 Å². The quantitative estimate of drug-likeness (QED) is 0.885. The van der Waals surface area contributed by atoms with E-state index in [1.165, 1.54) is 35.6 Å². The molecule has 0 unspecified atom stereocenters. The van der Waals surface area contributed by atoms with Crippen LogP contribution in [0.2, 0.25) is 0 Å². The van der Waals surface area contributed by atoms with Gasteiger partial charge in [-0.15, -0.1) is 24.5 Å². The summed E-state index contributed by atoms with van der Waals surface area (Å²) in [5, 5.41) is 1.89. The third-order valence-electron chi connectivity index (χ3n) is 2.40. The van der Waals surface area contributed by atoms with E-state index in [1.807, 2.05) is 11.4 Å². The van der Waals surface area contributed by atoms with Gasteiger partial charge in [0.25, 0.3) is 0 Å². The number of thiophene rings is 1. The number of hydrogen-bond donors (Lipinski definition) is 1. The van der Waals surface area contributed by atoms with Crippen LogP contribution in [0.25, 0.3) is 0 Å². The minimum absolute atomic E-state index is 0.256. The van der Waals surface area contributed by atoms with E-state index >= 15 is 0 Å². The molecule has 1 aromatic heterocycles. The van der Waals surface area contributed by atoms with Gasteiger partial charge in [0.15, 0.2) is 0 Å². The number of alkyl halides is 3. The van der Waals surface area contributed by atoms with E-state index in [-0.39, 0.29) is 11.8 Å². The third-order valence-corrected chi connectivity index (χ3v) is 4.35. The summed E-state index contributed by atoms with van der Waals surface area (Å²) >= 11 is 4.86. The van der Waals surface area contributed by atoms with E-state index in [0.29, 0.717) is 0 Å². The first-order valence-corrected chi connectivity index (χ1v) is 6.88. The highest BCUT2D eigenvalue weighted by Crippen LogP contribution is 2.32. The van der Waals surface area contributed by atoms with Crippen LogP contribution in [0.4, 0.5) is 13.2 Å². The van der Waals surface area contributed by atoms with E-state index < -0.39 is 6.36 Å². The van der Waals surface area contributed by atoms with E-state index in [9.17, 15) is 13.2 Å². The van der Waals surface area contributed by atoms with Gasteiger partial charge in [-0.3, -0.25) is 0 Å². The van der Waals surface area contributed by atoms with Gasteiger partial charge in [0.2, 0.25) is 0 Å². The van der Waals surface area contributed by atoms with Crippen molar-refractivity contribution in [1.82, 2.24) is 0 Å². The largest absolute Gasteiger partial charge is 0.573 e. The minimum Gasteiger partial charge on any atom is -0.406 e. The molecular formula is C12H9BrF3NOS. The zero-order valence-corrected chi connectivity index (χ0v) is 11.8. The molecule has 0 aliphatic heterocycles. The maximum atomic E-state index is 12.0. The smallest absolute Gasteiger partial charge is 0.406 e. The van der Waals surface area contributed by atoms with E-state index in [2.05, 4.69) is 20.7 Å². The van der Waals surface area contributed by atoms with E-state index in [1.54, 1.807) is 0 Å². The second-order valence-electron chi connectivity index (χ2n) is 3.73. The third kappa shape index (κ3) is 3.71. The highest BCUT2D eigenvalue weighted by Gasteiger charge is 2.31. The first-order valence-electron chi connectivity index (χ1n) is 5.21. The van der Waals surface area contributed by atoms with Crippen molar-refractivity contribution in [2.24, 2.45) is 5.73 Å². The maximum Gasteiger partial charge on any atom is 0.573 e. The molecule has 2 N–H and O–H groups in total. The lowest BCUT2D eigenvalue weighted by Gasteiger charge is -2.13. The molecule has 0 spiro atoms. The molecule has 0 saturated carbocycles. The molecule has 7 heteroatoms. The molecule has 2 nitrogen and oxygen atoms in total. The molecule has 1 aromatic carbocycles. The first kappa shape index (κ1) is 14.4. The Morgan fingerprint density at radius 1 is 1.16 bits per heavy atom. The fraction of sp³-hybridized carbons (Fsp3) is 0.167. The summed E-state index contributed by atoms with van der Waals surface area (Å²) in [7, 11) is 0. The van der Waals surface area contributed by atoms with Crippen LogP contribution in [-0.2, 0) is 0 Å². The molecule has 2 rings (SSSR count). The minimum atomic E-state index is -4.68. The van der Waals surface area contributed by atoms with Crippen molar-refractivity contribution in [2.75, 3.05) is 0 Å². The van der Waals surface area contributed by atoms with Crippen LogP contribution < -0.4 is 10.5 Å². The molecule has 19 heavy (non-hydrogen) atoms. The zero-order valence-electron chi connectivity index (χ0n) is 9.45. The fourth-order valence-electron chi connectivity index (χ4n) is 1.56. The Morgan fingerprint density at radius 2 is 1.79 bits per heavy atom. The van der Waals surface area contributed by atoms with Gasteiger partial charge in [-0.05, 0) is 45.1 Å². The Morgan fingerprint density at radius 3 is 2.26 bits per heavy atom. The summed E-state index contributed by atoms with van der Waals surface area (Å²) in [5.41, 5.74) is 6.78. The number of hydrogen-bond acceptors (Lipinski definition) is 3. The molecule has 0 saturated heterocycles. The summed E-state index contributed by atoms with van der Waals surface area (Å²) in [4.78, 5) is 0.921. The van der Waals surface area contributed by atoms with Crippen molar-refractivity contribution in [3.05, 3.63) is 50.6 Å². The van der Waals surface area contributed by atoms with Gasteiger partial charge in [-0.2, -0.15) is 0 Å². The average Bonchev–Trinajstić information content (AvgIpc) is 2.73. The normalized spacial score (nSPS) is 13.3. The van der Waals surface area contributed by atoms with E-state index in [0.717, 1.165) is 14.9 Å². The second kappa shape index (κ2) is 5.52. The monoisotopic (exact) mass is 351 g/mol. The van der Waals surface area contributed by atoms with Crippen molar-refractivity contribution in [3.8, 4) is 5.75 Å². The number of benzene rings is 1. The molecule has 102 valence electrons. The zero-order chi connectivity index (χ0) is 14.0. The number of ether oxygens (including phenoxy) is 1. The van der Waals surface area contributed by atoms with Crippen LogP contribution >= 0.6 is 27.3 Å². The SMILES string of the molecule is N[C@@H](c1ccc(OC(F)(F)F)cc1)c1sccc1Br. The molecule has 0 bridgehead atoms. The van der Waals surface area contributed by atoms with Gasteiger partial charge in [0.05, 0.1) is 6.04 Å². The van der Waals surface area contributed by atoms with E-state index in [4.69, 9.17) is 5.73 Å². The summed E-state index contributed by atoms with van der Waals surface area (Å²) < 4.78 is 40.8. The van der Waals surface area contributed by atoms with Gasteiger partial charge in [-0.25, -0.2) is 0 Å². The van der Waals surface area contributed by atoms with Crippen LogP contribution in [0.1, 0.15) is 16.5 Å². The Balaban J connectivity index is 2.17. The van der Waals surface area contributed by atoms with Crippen LogP contribution in [0.15, 0.2) is 40.2 Å². The molecule has 2 aromatic rings. The standard InChI is InChI=1S/C12H9BrF3NOS/c13-9-5-6-19-11(9)10(17)7-1-3-8(4-2-7)18-12(14,15)16/h1-6,10H,17H2/t10-/m0/s1. The number of halogens is 4. The maximum absolute atomic E-state index is 12.0. The van der Waals surface area contributed by atoms with Crippen LogP contribution in [0, 0.1) is 0 Å². The molecule has 0 radical (unpaired) electrons. The second-order valence-corrected chi connectivity index (χ2v) is 5.53. The summed E-state index contributed by atoms with van der Waals surface area (Å²) in [6.45, 7) is 0. The van der Waals surface area contributed by atoms with Gasteiger partial charge < -0.3 is 10.5 Å². The molecule has 0 amide bonds. The molecular weight excluding hydrogens is 343 g/mol. The highest BCUT2D eigenvalue weighted by molar-refractivity contribution is 9.10. The number of nitrogens with two attached hydrogens (primary N) is 1. The van der Waals surface area contributed by atoms with Gasteiger partial charge in [-0.1, -0.05) is 12.1 Å². The lowest BCUT2D eigenvalue weighted by atomic mass is 10.1. The topological polar surface area (TPSA) is 35.2 Å². The van der Waals surface area contributed by atoms with Gasteiger partial charge in [0, 0.05) is 9.35 Å². The Kier molecular flexibility index (Phi) is 4.17. The molecule has 0 fully saturated rings. The van der Waals surface area contributed by atoms with Gasteiger partial charge >= 0.3 is 6.36 Å². The Hall–Kier alpha value is -1.05. The Bertz CT molecular complexity index is 553. The molecule has 0 aliphatic rings. The van der Waals surface area contributed by atoms with Crippen molar-refractivity contribution in [1.29, 1.82) is 0 Å². The lowest BCUT2D eigenvalue weighted by Crippen LogP contribution is -2.17. The van der Waals surface area contributed by atoms with Gasteiger partial charge in [0.1, 0.15) is 5.75 Å². The van der Waals surface area contributed by atoms with Crippen LogP contribution in [0.5, 0.6) is 5.75 Å². The summed E-state index contributed by atoms with van der Waals surface area (Å²) in [6, 6.07) is 7.06. The summed E-state index contributed by atoms with van der Waals surface area (Å²) in [6.07, 6.45) is -4.68.